The fourth-order valence-corrected chi connectivity index (χ4v) is 3.94. The molecule has 1 aromatic heterocycles. The number of aryl methyl sites for hydroxylation is 2. The molecule has 0 unspecified atom stereocenters. The number of hydrogen-bond acceptors (Lipinski definition) is 4. The second kappa shape index (κ2) is 8.34. The van der Waals surface area contributed by atoms with E-state index in [1.165, 1.54) is 17.0 Å². The Morgan fingerprint density at radius 1 is 1.19 bits per heavy atom. The SMILES string of the molecule is CCc1cc(C)nc(N2Cc3ccc(-c4ccc(F)cc4C(=N)N(C)C=N)cc3C2=O)c1. The monoisotopic (exact) mass is 429 g/mol. The van der Waals surface area contributed by atoms with Gasteiger partial charge in [0.05, 0.1) is 12.9 Å². The minimum absolute atomic E-state index is 0.000919. The molecule has 0 fully saturated rings. The second-order valence-electron chi connectivity index (χ2n) is 7.87. The third-order valence-corrected chi connectivity index (χ3v) is 5.69. The number of pyridine rings is 1. The van der Waals surface area contributed by atoms with Crippen molar-refractivity contribution in [2.24, 2.45) is 0 Å². The van der Waals surface area contributed by atoms with Crippen molar-refractivity contribution in [3.63, 3.8) is 0 Å². The number of anilines is 1. The van der Waals surface area contributed by atoms with E-state index in [1.807, 2.05) is 31.2 Å². The summed E-state index contributed by atoms with van der Waals surface area (Å²) >= 11 is 0. The molecule has 1 amide bonds. The van der Waals surface area contributed by atoms with Crippen LogP contribution in [0.4, 0.5) is 10.2 Å². The van der Waals surface area contributed by atoms with Gasteiger partial charge in [-0.3, -0.25) is 20.5 Å². The van der Waals surface area contributed by atoms with Gasteiger partial charge in [0, 0.05) is 23.9 Å². The molecule has 2 heterocycles. The molecule has 1 aliphatic heterocycles. The largest absolute Gasteiger partial charge is 0.321 e. The molecule has 32 heavy (non-hydrogen) atoms. The summed E-state index contributed by atoms with van der Waals surface area (Å²) in [5.74, 6) is 0.0466. The van der Waals surface area contributed by atoms with Crippen LogP contribution in [-0.2, 0) is 13.0 Å². The first kappa shape index (κ1) is 21.4. The van der Waals surface area contributed by atoms with Gasteiger partial charge < -0.3 is 4.90 Å². The van der Waals surface area contributed by atoms with Crippen LogP contribution in [0.25, 0.3) is 11.1 Å². The van der Waals surface area contributed by atoms with Crippen molar-refractivity contribution in [3.8, 4) is 11.1 Å². The molecule has 7 heteroatoms. The van der Waals surface area contributed by atoms with Gasteiger partial charge in [-0.1, -0.05) is 25.1 Å². The molecular formula is C25H24FN5O. The third kappa shape index (κ3) is 3.77. The average molecular weight is 429 g/mol. The quantitative estimate of drug-likeness (QED) is 0.452. The van der Waals surface area contributed by atoms with E-state index in [9.17, 15) is 9.18 Å². The molecule has 0 saturated heterocycles. The number of amides is 1. The molecule has 0 bridgehead atoms. The van der Waals surface area contributed by atoms with E-state index in [0.29, 0.717) is 34.6 Å². The first-order chi connectivity index (χ1) is 15.3. The molecule has 2 aromatic carbocycles. The van der Waals surface area contributed by atoms with Crippen LogP contribution in [0.15, 0.2) is 48.5 Å². The summed E-state index contributed by atoms with van der Waals surface area (Å²) < 4.78 is 14.0. The molecule has 1 aliphatic rings. The Balaban J connectivity index is 1.74. The van der Waals surface area contributed by atoms with Crippen LogP contribution in [0.2, 0.25) is 0 Å². The molecule has 4 rings (SSSR count). The summed E-state index contributed by atoms with van der Waals surface area (Å²) in [5.41, 5.74) is 5.16. The number of hydrogen-bond donors (Lipinski definition) is 2. The number of nitrogens with one attached hydrogen (secondary N) is 2. The first-order valence-electron chi connectivity index (χ1n) is 10.4. The molecule has 0 saturated carbocycles. The Morgan fingerprint density at radius 3 is 2.69 bits per heavy atom. The number of benzene rings is 2. The molecule has 2 N–H and O–H groups in total. The lowest BCUT2D eigenvalue weighted by Crippen LogP contribution is -2.25. The summed E-state index contributed by atoms with van der Waals surface area (Å²) in [6.45, 7) is 4.43. The van der Waals surface area contributed by atoms with E-state index in [2.05, 4.69) is 11.9 Å². The fraction of sp³-hybridized carbons (Fsp3) is 0.200. The third-order valence-electron chi connectivity index (χ3n) is 5.69. The van der Waals surface area contributed by atoms with Crippen molar-refractivity contribution in [3.05, 3.63) is 82.3 Å². The predicted molar refractivity (Wildman–Crippen MR) is 124 cm³/mol. The van der Waals surface area contributed by atoms with Gasteiger partial charge in [0.2, 0.25) is 0 Å². The van der Waals surface area contributed by atoms with Gasteiger partial charge in [0.1, 0.15) is 17.5 Å². The molecule has 0 aliphatic carbocycles. The van der Waals surface area contributed by atoms with Crippen molar-refractivity contribution in [2.45, 2.75) is 26.8 Å². The van der Waals surface area contributed by atoms with Crippen molar-refractivity contribution in [2.75, 3.05) is 11.9 Å². The average Bonchev–Trinajstić information content (AvgIpc) is 3.13. The van der Waals surface area contributed by atoms with E-state index in [-0.39, 0.29) is 11.7 Å². The van der Waals surface area contributed by atoms with Crippen molar-refractivity contribution < 1.29 is 9.18 Å². The molecule has 0 atom stereocenters. The summed E-state index contributed by atoms with van der Waals surface area (Å²) in [5, 5.41) is 15.7. The summed E-state index contributed by atoms with van der Waals surface area (Å²) in [7, 11) is 1.56. The normalized spacial score (nSPS) is 12.6. The highest BCUT2D eigenvalue weighted by molar-refractivity contribution is 6.11. The van der Waals surface area contributed by atoms with Gasteiger partial charge in [0.25, 0.3) is 5.91 Å². The van der Waals surface area contributed by atoms with Gasteiger partial charge in [-0.15, -0.1) is 0 Å². The van der Waals surface area contributed by atoms with E-state index in [1.54, 1.807) is 24.1 Å². The summed E-state index contributed by atoms with van der Waals surface area (Å²) in [4.78, 5) is 20.8. The zero-order valence-corrected chi connectivity index (χ0v) is 18.2. The lowest BCUT2D eigenvalue weighted by atomic mass is 9.95. The first-order valence-corrected chi connectivity index (χ1v) is 10.4. The highest BCUT2D eigenvalue weighted by Gasteiger charge is 2.30. The Bertz CT molecular complexity index is 1250. The number of carbonyl (C=O) groups excluding carboxylic acids is 1. The smallest absolute Gasteiger partial charge is 0.260 e. The van der Waals surface area contributed by atoms with Crippen LogP contribution in [0.5, 0.6) is 0 Å². The second-order valence-corrected chi connectivity index (χ2v) is 7.87. The zero-order chi connectivity index (χ0) is 23.0. The lowest BCUT2D eigenvalue weighted by molar-refractivity contribution is 0.0996. The van der Waals surface area contributed by atoms with Crippen LogP contribution in [0.1, 0.15) is 39.7 Å². The van der Waals surface area contributed by atoms with Crippen LogP contribution in [-0.4, -0.2) is 35.0 Å². The van der Waals surface area contributed by atoms with Gasteiger partial charge in [0.15, 0.2) is 0 Å². The molecule has 0 radical (unpaired) electrons. The fourth-order valence-electron chi connectivity index (χ4n) is 3.94. The van der Waals surface area contributed by atoms with Crippen LogP contribution in [0, 0.1) is 23.6 Å². The Kier molecular flexibility index (Phi) is 5.57. The zero-order valence-electron chi connectivity index (χ0n) is 18.2. The summed E-state index contributed by atoms with van der Waals surface area (Å²) in [6, 6.07) is 13.8. The number of halogens is 1. The topological polar surface area (TPSA) is 84.1 Å². The molecule has 6 nitrogen and oxygen atoms in total. The highest BCUT2D eigenvalue weighted by Crippen LogP contribution is 2.33. The Hall–Kier alpha value is -3.87. The van der Waals surface area contributed by atoms with Gasteiger partial charge in [-0.2, -0.15) is 0 Å². The number of aromatic nitrogens is 1. The van der Waals surface area contributed by atoms with E-state index >= 15 is 0 Å². The molecular weight excluding hydrogens is 405 g/mol. The van der Waals surface area contributed by atoms with Gasteiger partial charge in [-0.05, 0) is 65.9 Å². The Labute approximate surface area is 186 Å². The molecule has 3 aromatic rings. The highest BCUT2D eigenvalue weighted by atomic mass is 19.1. The number of amidine groups is 1. The standard InChI is InChI=1S/C25H24FN5O/c1-4-16-9-15(2)29-23(10-16)31-13-18-6-5-17(11-21(18)25(31)32)20-8-7-19(26)12-22(20)24(28)30(3)14-27/h5-12,14,27-28H,4,13H2,1-3H3. The number of rotatable bonds is 5. The van der Waals surface area contributed by atoms with Crippen molar-refractivity contribution in [1.29, 1.82) is 10.8 Å². The number of nitrogens with zero attached hydrogens (tertiary/aromatic N) is 3. The van der Waals surface area contributed by atoms with E-state index in [0.717, 1.165) is 29.6 Å². The maximum Gasteiger partial charge on any atom is 0.260 e. The minimum atomic E-state index is -0.465. The van der Waals surface area contributed by atoms with E-state index in [4.69, 9.17) is 10.8 Å². The van der Waals surface area contributed by atoms with Gasteiger partial charge in [-0.25, -0.2) is 9.37 Å². The van der Waals surface area contributed by atoms with E-state index < -0.39 is 5.82 Å². The maximum atomic E-state index is 14.0. The lowest BCUT2D eigenvalue weighted by Gasteiger charge is -2.17. The van der Waals surface area contributed by atoms with Crippen molar-refractivity contribution >= 4 is 23.9 Å². The summed E-state index contributed by atoms with van der Waals surface area (Å²) in [6.07, 6.45) is 1.86. The predicted octanol–water partition coefficient (Wildman–Crippen LogP) is 4.78. The Morgan fingerprint density at radius 2 is 1.97 bits per heavy atom. The number of carbonyl (C=O) groups is 1. The van der Waals surface area contributed by atoms with Crippen LogP contribution < -0.4 is 4.90 Å². The van der Waals surface area contributed by atoms with Crippen LogP contribution >= 0.6 is 0 Å². The number of fused-ring (bicyclic) bond motifs is 1. The minimum Gasteiger partial charge on any atom is -0.321 e. The molecule has 162 valence electrons. The van der Waals surface area contributed by atoms with Gasteiger partial charge >= 0.3 is 0 Å². The van der Waals surface area contributed by atoms with Crippen molar-refractivity contribution in [1.82, 2.24) is 9.88 Å². The van der Waals surface area contributed by atoms with Crippen LogP contribution in [0.3, 0.4) is 0 Å². The molecule has 0 spiro atoms. The maximum absolute atomic E-state index is 14.0.